The normalized spacial score (nSPS) is 16.3. The zero-order valence-electron chi connectivity index (χ0n) is 11.1. The number of carbonyl (C=O) groups is 1. The van der Waals surface area contributed by atoms with E-state index in [1.807, 2.05) is 24.0 Å². The second-order valence-corrected chi connectivity index (χ2v) is 4.79. The molecule has 0 bridgehead atoms. The minimum atomic E-state index is 0.176. The van der Waals surface area contributed by atoms with Gasteiger partial charge in [0.1, 0.15) is 0 Å². The number of aromatic nitrogens is 1. The molecular weight excluding hydrogens is 226 g/mol. The highest BCUT2D eigenvalue weighted by molar-refractivity contribution is 5.78. The molecule has 1 aromatic rings. The molecule has 1 saturated carbocycles. The standard InChI is InChI=1S/C14H21N3O/c1-3-17(13-4-5-13)14(18)10-16-11(2)12-6-8-15-9-7-12/h6-9,11,13,16H,3-5,10H2,1-2H3/t11-/m1/s1. The summed E-state index contributed by atoms with van der Waals surface area (Å²) in [7, 11) is 0. The topological polar surface area (TPSA) is 45.2 Å². The van der Waals surface area contributed by atoms with Gasteiger partial charge >= 0.3 is 0 Å². The fourth-order valence-corrected chi connectivity index (χ4v) is 2.14. The number of amides is 1. The average molecular weight is 247 g/mol. The van der Waals surface area contributed by atoms with Crippen LogP contribution in [0.5, 0.6) is 0 Å². The molecule has 18 heavy (non-hydrogen) atoms. The van der Waals surface area contributed by atoms with E-state index in [1.54, 1.807) is 12.4 Å². The van der Waals surface area contributed by atoms with E-state index in [0.29, 0.717) is 12.6 Å². The Bertz CT molecular complexity index is 389. The van der Waals surface area contributed by atoms with Crippen molar-refractivity contribution in [2.45, 2.75) is 38.8 Å². The van der Waals surface area contributed by atoms with Gasteiger partial charge in [0, 0.05) is 31.0 Å². The molecule has 1 N–H and O–H groups in total. The van der Waals surface area contributed by atoms with Gasteiger partial charge in [0.25, 0.3) is 0 Å². The lowest BCUT2D eigenvalue weighted by molar-refractivity contribution is -0.130. The zero-order valence-corrected chi connectivity index (χ0v) is 11.1. The van der Waals surface area contributed by atoms with Gasteiger partial charge in [-0.2, -0.15) is 0 Å². The molecule has 0 saturated heterocycles. The molecule has 0 aromatic carbocycles. The van der Waals surface area contributed by atoms with Crippen LogP contribution in [0, 0.1) is 0 Å². The lowest BCUT2D eigenvalue weighted by atomic mass is 10.1. The molecule has 1 atom stereocenters. The van der Waals surface area contributed by atoms with Gasteiger partial charge in [0.15, 0.2) is 0 Å². The van der Waals surface area contributed by atoms with Crippen LogP contribution in [0.15, 0.2) is 24.5 Å². The summed E-state index contributed by atoms with van der Waals surface area (Å²) in [4.78, 5) is 18.0. The van der Waals surface area contributed by atoms with Gasteiger partial charge in [-0.3, -0.25) is 9.78 Å². The largest absolute Gasteiger partial charge is 0.339 e. The Kier molecular flexibility index (Phi) is 4.31. The van der Waals surface area contributed by atoms with Crippen LogP contribution in [-0.2, 0) is 4.79 Å². The molecule has 2 rings (SSSR count). The van der Waals surface area contributed by atoms with Crippen molar-refractivity contribution in [1.29, 1.82) is 0 Å². The number of hydrogen-bond donors (Lipinski definition) is 1. The van der Waals surface area contributed by atoms with Crippen molar-refractivity contribution in [2.24, 2.45) is 0 Å². The van der Waals surface area contributed by atoms with Crippen LogP contribution in [-0.4, -0.2) is 34.9 Å². The van der Waals surface area contributed by atoms with Crippen LogP contribution in [0.4, 0.5) is 0 Å². The SMILES string of the molecule is CCN(C(=O)CN[C@H](C)c1ccncc1)C1CC1. The molecule has 4 nitrogen and oxygen atoms in total. The summed E-state index contributed by atoms with van der Waals surface area (Å²) < 4.78 is 0. The molecule has 98 valence electrons. The molecule has 4 heteroatoms. The fraction of sp³-hybridized carbons (Fsp3) is 0.571. The first kappa shape index (κ1) is 13.0. The number of hydrogen-bond acceptors (Lipinski definition) is 3. The Labute approximate surface area is 108 Å². The lowest BCUT2D eigenvalue weighted by Crippen LogP contribution is -2.40. The minimum absolute atomic E-state index is 0.176. The Morgan fingerprint density at radius 2 is 2.17 bits per heavy atom. The molecule has 0 spiro atoms. The smallest absolute Gasteiger partial charge is 0.236 e. The minimum Gasteiger partial charge on any atom is -0.339 e. The summed E-state index contributed by atoms with van der Waals surface area (Å²) in [5, 5.41) is 3.28. The maximum Gasteiger partial charge on any atom is 0.236 e. The maximum atomic E-state index is 12.0. The zero-order chi connectivity index (χ0) is 13.0. The van der Waals surface area contributed by atoms with Gasteiger partial charge in [-0.05, 0) is 44.4 Å². The van der Waals surface area contributed by atoms with Crippen LogP contribution in [0.1, 0.15) is 38.3 Å². The average Bonchev–Trinajstić information content (AvgIpc) is 3.22. The van der Waals surface area contributed by atoms with Crippen LogP contribution in [0.2, 0.25) is 0 Å². The quantitative estimate of drug-likeness (QED) is 0.833. The first-order valence-electron chi connectivity index (χ1n) is 6.65. The van der Waals surface area contributed by atoms with Gasteiger partial charge in [0.05, 0.1) is 6.54 Å². The van der Waals surface area contributed by atoms with Crippen molar-refractivity contribution in [3.8, 4) is 0 Å². The van der Waals surface area contributed by atoms with Crippen molar-refractivity contribution in [3.05, 3.63) is 30.1 Å². The van der Waals surface area contributed by atoms with E-state index in [4.69, 9.17) is 0 Å². The number of pyridine rings is 1. The second-order valence-electron chi connectivity index (χ2n) is 4.79. The molecular formula is C14H21N3O. The third-order valence-electron chi connectivity index (χ3n) is 3.41. The van der Waals surface area contributed by atoms with Gasteiger partial charge in [-0.15, -0.1) is 0 Å². The van der Waals surface area contributed by atoms with Gasteiger partial charge in [0.2, 0.25) is 5.91 Å². The molecule has 1 aliphatic carbocycles. The van der Waals surface area contributed by atoms with E-state index in [9.17, 15) is 4.79 Å². The van der Waals surface area contributed by atoms with E-state index in [1.165, 1.54) is 12.8 Å². The third kappa shape index (κ3) is 3.29. The first-order valence-corrected chi connectivity index (χ1v) is 6.65. The molecule has 1 amide bonds. The Morgan fingerprint density at radius 3 is 2.72 bits per heavy atom. The van der Waals surface area contributed by atoms with Crippen molar-refractivity contribution in [1.82, 2.24) is 15.2 Å². The number of likely N-dealkylation sites (N-methyl/N-ethyl adjacent to an activating group) is 1. The summed E-state index contributed by atoms with van der Waals surface area (Å²) in [6, 6.07) is 4.62. The number of carbonyl (C=O) groups excluding carboxylic acids is 1. The molecule has 1 aliphatic rings. The van der Waals surface area contributed by atoms with Crippen molar-refractivity contribution in [3.63, 3.8) is 0 Å². The van der Waals surface area contributed by atoms with Crippen molar-refractivity contribution < 1.29 is 4.79 Å². The van der Waals surface area contributed by atoms with Crippen molar-refractivity contribution >= 4 is 5.91 Å². The summed E-state index contributed by atoms with van der Waals surface area (Å²) >= 11 is 0. The highest BCUT2D eigenvalue weighted by Crippen LogP contribution is 2.26. The fourth-order valence-electron chi connectivity index (χ4n) is 2.14. The Balaban J connectivity index is 1.82. The lowest BCUT2D eigenvalue weighted by Gasteiger charge is -2.22. The Morgan fingerprint density at radius 1 is 1.50 bits per heavy atom. The summed E-state index contributed by atoms with van der Waals surface area (Å²) in [6.07, 6.45) is 5.88. The second kappa shape index (κ2) is 5.96. The van der Waals surface area contributed by atoms with E-state index in [0.717, 1.165) is 12.1 Å². The third-order valence-corrected chi connectivity index (χ3v) is 3.41. The van der Waals surface area contributed by atoms with Crippen LogP contribution in [0.3, 0.4) is 0 Å². The molecule has 1 heterocycles. The first-order chi connectivity index (χ1) is 8.72. The van der Waals surface area contributed by atoms with E-state index in [2.05, 4.69) is 17.2 Å². The maximum absolute atomic E-state index is 12.0. The van der Waals surface area contributed by atoms with Crippen LogP contribution >= 0.6 is 0 Å². The van der Waals surface area contributed by atoms with Crippen molar-refractivity contribution in [2.75, 3.05) is 13.1 Å². The molecule has 1 aromatic heterocycles. The number of nitrogens with zero attached hydrogens (tertiary/aromatic N) is 2. The summed E-state index contributed by atoms with van der Waals surface area (Å²) in [5.74, 6) is 0.209. The van der Waals surface area contributed by atoms with Crippen LogP contribution < -0.4 is 5.32 Å². The molecule has 0 radical (unpaired) electrons. The summed E-state index contributed by atoms with van der Waals surface area (Å²) in [6.45, 7) is 5.33. The predicted octanol–water partition coefficient (Wildman–Crippen LogP) is 1.74. The molecule has 0 aliphatic heterocycles. The number of rotatable bonds is 6. The van der Waals surface area contributed by atoms with E-state index in [-0.39, 0.29) is 11.9 Å². The molecule has 1 fully saturated rings. The van der Waals surface area contributed by atoms with E-state index >= 15 is 0 Å². The summed E-state index contributed by atoms with van der Waals surface area (Å²) in [5.41, 5.74) is 1.16. The Hall–Kier alpha value is -1.42. The monoisotopic (exact) mass is 247 g/mol. The highest BCUT2D eigenvalue weighted by atomic mass is 16.2. The molecule has 0 unspecified atom stereocenters. The predicted molar refractivity (Wildman–Crippen MR) is 71.1 cm³/mol. The van der Waals surface area contributed by atoms with Gasteiger partial charge < -0.3 is 10.2 Å². The van der Waals surface area contributed by atoms with Gasteiger partial charge in [-0.1, -0.05) is 0 Å². The van der Waals surface area contributed by atoms with Gasteiger partial charge in [-0.25, -0.2) is 0 Å². The number of nitrogens with one attached hydrogen (secondary N) is 1. The van der Waals surface area contributed by atoms with Crippen LogP contribution in [0.25, 0.3) is 0 Å². The highest BCUT2D eigenvalue weighted by Gasteiger charge is 2.31. The van der Waals surface area contributed by atoms with E-state index < -0.39 is 0 Å².